The molecule has 5 heteroatoms. The van der Waals surface area contributed by atoms with Crippen molar-refractivity contribution >= 4 is 6.09 Å². The Kier molecular flexibility index (Phi) is 5.94. The second kappa shape index (κ2) is 8.23. The van der Waals surface area contributed by atoms with Gasteiger partial charge in [0, 0.05) is 6.54 Å². The van der Waals surface area contributed by atoms with Gasteiger partial charge in [-0.2, -0.15) is 0 Å². The van der Waals surface area contributed by atoms with Crippen molar-refractivity contribution in [3.05, 3.63) is 54.1 Å². The van der Waals surface area contributed by atoms with Crippen molar-refractivity contribution in [1.29, 1.82) is 0 Å². The minimum Gasteiger partial charge on any atom is -0.497 e. The van der Waals surface area contributed by atoms with E-state index in [1.165, 1.54) is 10.5 Å². The van der Waals surface area contributed by atoms with Gasteiger partial charge in [-0.3, -0.25) is 4.90 Å². The smallest absolute Gasteiger partial charge is 0.412 e. The average Bonchev–Trinajstić information content (AvgIpc) is 2.66. The van der Waals surface area contributed by atoms with Crippen molar-refractivity contribution in [3.8, 4) is 16.9 Å². The first-order valence-corrected chi connectivity index (χ1v) is 9.69. The van der Waals surface area contributed by atoms with Gasteiger partial charge in [0.25, 0.3) is 0 Å². The molecule has 0 radical (unpaired) electrons. The highest BCUT2D eigenvalue weighted by Crippen LogP contribution is 2.34. The Labute approximate surface area is 166 Å². The molecule has 2 aromatic rings. The van der Waals surface area contributed by atoms with E-state index in [2.05, 4.69) is 18.2 Å². The highest BCUT2D eigenvalue weighted by atomic mass is 16.6. The molecule has 1 heterocycles. The summed E-state index contributed by atoms with van der Waals surface area (Å²) in [5, 5.41) is 10.5. The van der Waals surface area contributed by atoms with Gasteiger partial charge in [-0.1, -0.05) is 36.4 Å². The molecule has 0 spiro atoms. The third-order valence-electron chi connectivity index (χ3n) is 4.98. The molecule has 0 bridgehead atoms. The van der Waals surface area contributed by atoms with Gasteiger partial charge in [-0.05, 0) is 68.4 Å². The Morgan fingerprint density at radius 2 is 1.82 bits per heavy atom. The number of piperidine rings is 1. The molecule has 1 saturated heterocycles. The number of carbonyl (C=O) groups excluding carboxylic acids is 1. The lowest BCUT2D eigenvalue weighted by Gasteiger charge is -2.37. The Morgan fingerprint density at radius 3 is 2.43 bits per heavy atom. The van der Waals surface area contributed by atoms with Crippen LogP contribution in [0.5, 0.6) is 5.75 Å². The van der Waals surface area contributed by atoms with Gasteiger partial charge in [-0.15, -0.1) is 0 Å². The fourth-order valence-corrected chi connectivity index (χ4v) is 3.54. The first-order chi connectivity index (χ1) is 13.3. The maximum Gasteiger partial charge on any atom is 0.412 e. The van der Waals surface area contributed by atoms with Gasteiger partial charge in [0.2, 0.25) is 0 Å². The van der Waals surface area contributed by atoms with E-state index in [0.717, 1.165) is 23.3 Å². The number of amides is 1. The molecule has 2 aromatic carbocycles. The van der Waals surface area contributed by atoms with Gasteiger partial charge in [0.1, 0.15) is 17.6 Å². The summed E-state index contributed by atoms with van der Waals surface area (Å²) in [6.07, 6.45) is 0.0110. The number of carbonyl (C=O) groups is 1. The van der Waals surface area contributed by atoms with Crippen LogP contribution in [0.1, 0.15) is 45.1 Å². The van der Waals surface area contributed by atoms with Crippen molar-refractivity contribution < 1.29 is 19.4 Å². The van der Waals surface area contributed by atoms with Gasteiger partial charge >= 0.3 is 6.09 Å². The van der Waals surface area contributed by atoms with Crippen LogP contribution in [0.4, 0.5) is 4.79 Å². The van der Waals surface area contributed by atoms with Crippen LogP contribution in [0, 0.1) is 0 Å². The second-order valence-corrected chi connectivity index (χ2v) is 8.23. The highest BCUT2D eigenvalue weighted by Gasteiger charge is 2.33. The van der Waals surface area contributed by atoms with Crippen molar-refractivity contribution in [2.24, 2.45) is 0 Å². The average molecular weight is 383 g/mol. The summed E-state index contributed by atoms with van der Waals surface area (Å²) in [5.41, 5.74) is 2.86. The molecule has 28 heavy (non-hydrogen) atoms. The van der Waals surface area contributed by atoms with Crippen LogP contribution in [-0.2, 0) is 4.74 Å². The molecular formula is C23H29NO4. The van der Waals surface area contributed by atoms with E-state index in [1.54, 1.807) is 7.11 Å². The normalized spacial score (nSPS) is 20.0. The van der Waals surface area contributed by atoms with Crippen LogP contribution >= 0.6 is 0 Å². The van der Waals surface area contributed by atoms with Crippen LogP contribution in [0.25, 0.3) is 11.1 Å². The molecule has 1 aliphatic heterocycles. The predicted molar refractivity (Wildman–Crippen MR) is 109 cm³/mol. The SMILES string of the molecule is COc1ccc(-c2cccc(C3CCN(C(=O)OC(C)(C)C)C(O)C3)c2)cc1. The van der Waals surface area contributed by atoms with E-state index in [-0.39, 0.29) is 5.92 Å². The summed E-state index contributed by atoms with van der Waals surface area (Å²) in [5.74, 6) is 1.03. The topological polar surface area (TPSA) is 59.0 Å². The lowest BCUT2D eigenvalue weighted by atomic mass is 9.87. The fraction of sp³-hybridized carbons (Fsp3) is 0.435. The molecule has 0 aliphatic carbocycles. The number of hydrogen-bond donors (Lipinski definition) is 1. The van der Waals surface area contributed by atoms with Crippen LogP contribution in [-0.4, -0.2) is 41.6 Å². The van der Waals surface area contributed by atoms with Crippen LogP contribution in [0.15, 0.2) is 48.5 Å². The number of rotatable bonds is 3. The number of benzene rings is 2. The first-order valence-electron chi connectivity index (χ1n) is 9.69. The summed E-state index contributed by atoms with van der Waals surface area (Å²) >= 11 is 0. The lowest BCUT2D eigenvalue weighted by molar-refractivity contribution is -0.0492. The summed E-state index contributed by atoms with van der Waals surface area (Å²) in [7, 11) is 1.66. The number of aliphatic hydroxyl groups is 1. The predicted octanol–water partition coefficient (Wildman–Crippen LogP) is 4.80. The molecule has 1 N–H and O–H groups in total. The van der Waals surface area contributed by atoms with Gasteiger partial charge in [0.05, 0.1) is 7.11 Å². The van der Waals surface area contributed by atoms with Gasteiger partial charge < -0.3 is 14.6 Å². The summed E-state index contributed by atoms with van der Waals surface area (Å²) in [6, 6.07) is 16.4. The molecule has 1 fully saturated rings. The van der Waals surface area contributed by atoms with E-state index in [0.29, 0.717) is 13.0 Å². The lowest BCUT2D eigenvalue weighted by Crippen LogP contribution is -2.47. The molecule has 150 valence electrons. The molecule has 3 rings (SSSR count). The quantitative estimate of drug-likeness (QED) is 0.827. The zero-order valence-corrected chi connectivity index (χ0v) is 17.0. The Hall–Kier alpha value is -2.53. The number of ether oxygens (including phenoxy) is 2. The molecule has 2 unspecified atom stereocenters. The van der Waals surface area contributed by atoms with Gasteiger partial charge in [0.15, 0.2) is 0 Å². The maximum absolute atomic E-state index is 12.3. The van der Waals surface area contributed by atoms with Crippen molar-refractivity contribution in [3.63, 3.8) is 0 Å². The largest absolute Gasteiger partial charge is 0.497 e. The number of nitrogens with zero attached hydrogens (tertiary/aromatic N) is 1. The van der Waals surface area contributed by atoms with E-state index in [1.807, 2.05) is 51.1 Å². The Morgan fingerprint density at radius 1 is 1.11 bits per heavy atom. The van der Waals surface area contributed by atoms with E-state index in [4.69, 9.17) is 9.47 Å². The number of aliphatic hydroxyl groups excluding tert-OH is 1. The van der Waals surface area contributed by atoms with Crippen LogP contribution < -0.4 is 4.74 Å². The Balaban J connectivity index is 1.71. The first kappa shape index (κ1) is 20.2. The molecular weight excluding hydrogens is 354 g/mol. The monoisotopic (exact) mass is 383 g/mol. The minimum absolute atomic E-state index is 0.201. The van der Waals surface area contributed by atoms with E-state index < -0.39 is 17.9 Å². The number of likely N-dealkylation sites (tertiary alicyclic amines) is 1. The second-order valence-electron chi connectivity index (χ2n) is 8.23. The number of hydrogen-bond acceptors (Lipinski definition) is 4. The fourth-order valence-electron chi connectivity index (χ4n) is 3.54. The number of methoxy groups -OCH3 is 1. The standard InChI is InChI=1S/C23H29NO4/c1-23(2,3)28-22(26)24-13-12-19(15-21(24)25)18-7-5-6-17(14-18)16-8-10-20(27-4)11-9-16/h5-11,14,19,21,25H,12-13,15H2,1-4H3. The maximum atomic E-state index is 12.3. The molecule has 2 atom stereocenters. The minimum atomic E-state index is -0.835. The van der Waals surface area contributed by atoms with E-state index >= 15 is 0 Å². The molecule has 5 nitrogen and oxygen atoms in total. The van der Waals surface area contributed by atoms with Crippen molar-refractivity contribution in [2.45, 2.75) is 51.4 Å². The molecule has 0 aromatic heterocycles. The zero-order chi connectivity index (χ0) is 20.3. The summed E-state index contributed by atoms with van der Waals surface area (Å²) in [6.45, 7) is 5.96. The van der Waals surface area contributed by atoms with Crippen molar-refractivity contribution in [1.82, 2.24) is 4.90 Å². The molecule has 0 saturated carbocycles. The van der Waals surface area contributed by atoms with Crippen molar-refractivity contribution in [2.75, 3.05) is 13.7 Å². The van der Waals surface area contributed by atoms with E-state index in [9.17, 15) is 9.90 Å². The third kappa shape index (κ3) is 4.84. The van der Waals surface area contributed by atoms with Gasteiger partial charge in [-0.25, -0.2) is 4.79 Å². The highest BCUT2D eigenvalue weighted by molar-refractivity contribution is 5.68. The summed E-state index contributed by atoms with van der Waals surface area (Å²) in [4.78, 5) is 13.7. The zero-order valence-electron chi connectivity index (χ0n) is 17.0. The molecule has 1 amide bonds. The molecule has 1 aliphatic rings. The van der Waals surface area contributed by atoms with Crippen LogP contribution in [0.2, 0.25) is 0 Å². The third-order valence-corrected chi connectivity index (χ3v) is 4.98. The summed E-state index contributed by atoms with van der Waals surface area (Å²) < 4.78 is 10.6. The Bertz CT molecular complexity index is 810. The van der Waals surface area contributed by atoms with Crippen LogP contribution in [0.3, 0.4) is 0 Å².